The lowest BCUT2D eigenvalue weighted by Crippen LogP contribution is -2.47. The number of furan rings is 1. The van der Waals surface area contributed by atoms with E-state index in [2.05, 4.69) is 10.6 Å². The number of hydrogen-bond acceptors (Lipinski definition) is 4. The van der Waals surface area contributed by atoms with Crippen molar-refractivity contribution < 1.29 is 23.8 Å². The van der Waals surface area contributed by atoms with Crippen molar-refractivity contribution in [3.63, 3.8) is 0 Å². The minimum Gasteiger partial charge on any atom is -0.481 e. The fourth-order valence-electron chi connectivity index (χ4n) is 1.96. The average molecular weight is 268 g/mol. The second-order valence-electron chi connectivity index (χ2n) is 4.44. The molecule has 0 saturated carbocycles. The lowest BCUT2D eigenvalue weighted by Gasteiger charge is -2.18. The Bertz CT molecular complexity index is 445. The van der Waals surface area contributed by atoms with Gasteiger partial charge in [-0.15, -0.1) is 0 Å². The number of ether oxygens (including phenoxy) is 1. The van der Waals surface area contributed by atoms with Gasteiger partial charge in [0.15, 0.2) is 0 Å². The molecule has 2 amide bonds. The molecule has 1 saturated heterocycles. The van der Waals surface area contributed by atoms with Crippen LogP contribution in [0.15, 0.2) is 22.8 Å². The van der Waals surface area contributed by atoms with E-state index >= 15 is 0 Å². The molecule has 0 aliphatic carbocycles. The minimum absolute atomic E-state index is 0.119. The minimum atomic E-state index is -0.970. The Morgan fingerprint density at radius 1 is 1.47 bits per heavy atom. The normalized spacial score (nSPS) is 23.8. The Kier molecular flexibility index (Phi) is 4.06. The van der Waals surface area contributed by atoms with Crippen LogP contribution in [0.3, 0.4) is 0 Å². The second-order valence-corrected chi connectivity index (χ2v) is 4.44. The maximum Gasteiger partial charge on any atom is 0.315 e. The monoisotopic (exact) mass is 268 g/mol. The largest absolute Gasteiger partial charge is 0.481 e. The molecule has 0 bridgehead atoms. The first kappa shape index (κ1) is 13.4. The number of carbonyl (C=O) groups is 2. The number of carboxylic acids is 1. The van der Waals surface area contributed by atoms with Gasteiger partial charge in [-0.05, 0) is 19.1 Å². The number of rotatable bonds is 4. The predicted octanol–water partition coefficient (Wildman–Crippen LogP) is 0.739. The van der Waals surface area contributed by atoms with Gasteiger partial charge in [0.25, 0.3) is 0 Å². The molecule has 19 heavy (non-hydrogen) atoms. The third kappa shape index (κ3) is 3.25. The number of aliphatic carboxylic acids is 1. The molecule has 0 aromatic carbocycles. The first-order chi connectivity index (χ1) is 9.08. The summed E-state index contributed by atoms with van der Waals surface area (Å²) < 4.78 is 10.2. The summed E-state index contributed by atoms with van der Waals surface area (Å²) >= 11 is 0. The fraction of sp³-hybridized carbons (Fsp3) is 0.500. The van der Waals surface area contributed by atoms with E-state index in [1.165, 1.54) is 6.26 Å². The summed E-state index contributed by atoms with van der Waals surface area (Å²) in [5.74, 6) is -1.04. The van der Waals surface area contributed by atoms with Gasteiger partial charge in [-0.25, -0.2) is 4.79 Å². The number of urea groups is 1. The molecule has 0 spiro atoms. The number of amides is 2. The summed E-state index contributed by atoms with van der Waals surface area (Å²) in [4.78, 5) is 22.7. The van der Waals surface area contributed by atoms with E-state index in [4.69, 9.17) is 14.3 Å². The molecular formula is C12H16N2O5. The lowest BCUT2D eigenvalue weighted by molar-refractivity contribution is -0.142. The molecule has 3 atom stereocenters. The summed E-state index contributed by atoms with van der Waals surface area (Å²) in [7, 11) is 0. The molecule has 1 aromatic heterocycles. The van der Waals surface area contributed by atoms with Crippen molar-refractivity contribution in [1.29, 1.82) is 0 Å². The summed E-state index contributed by atoms with van der Waals surface area (Å²) in [5.41, 5.74) is 0. The third-order valence-corrected chi connectivity index (χ3v) is 3.03. The van der Waals surface area contributed by atoms with E-state index in [-0.39, 0.29) is 19.3 Å². The van der Waals surface area contributed by atoms with Crippen molar-refractivity contribution in [3.8, 4) is 0 Å². The van der Waals surface area contributed by atoms with Gasteiger partial charge < -0.3 is 24.9 Å². The molecule has 1 aliphatic rings. The zero-order chi connectivity index (χ0) is 13.8. The zero-order valence-corrected chi connectivity index (χ0v) is 10.5. The van der Waals surface area contributed by atoms with Crippen LogP contribution in [0.1, 0.15) is 18.7 Å². The van der Waals surface area contributed by atoms with E-state index in [1.807, 2.05) is 0 Å². The summed E-state index contributed by atoms with van der Waals surface area (Å²) in [6.45, 7) is 2.10. The van der Waals surface area contributed by atoms with E-state index < -0.39 is 24.0 Å². The zero-order valence-electron chi connectivity index (χ0n) is 10.5. The van der Waals surface area contributed by atoms with Crippen LogP contribution in [0, 0.1) is 5.92 Å². The van der Waals surface area contributed by atoms with Crippen LogP contribution in [0.5, 0.6) is 0 Å². The van der Waals surface area contributed by atoms with Crippen LogP contribution < -0.4 is 10.6 Å². The Labute approximate surface area is 109 Å². The van der Waals surface area contributed by atoms with Crippen molar-refractivity contribution in [3.05, 3.63) is 24.2 Å². The molecule has 1 fully saturated rings. The van der Waals surface area contributed by atoms with Gasteiger partial charge in [-0.3, -0.25) is 4.79 Å². The average Bonchev–Trinajstić information content (AvgIpc) is 2.98. The molecule has 2 rings (SSSR count). The molecule has 104 valence electrons. The number of carboxylic acid groups (broad SMARTS) is 1. The van der Waals surface area contributed by atoms with Gasteiger partial charge in [-0.1, -0.05) is 0 Å². The highest BCUT2D eigenvalue weighted by Crippen LogP contribution is 2.15. The van der Waals surface area contributed by atoms with E-state index in [0.29, 0.717) is 5.76 Å². The van der Waals surface area contributed by atoms with Gasteiger partial charge in [-0.2, -0.15) is 0 Å². The number of carbonyl (C=O) groups excluding carboxylic acids is 1. The molecule has 7 heteroatoms. The quantitative estimate of drug-likeness (QED) is 0.747. The van der Waals surface area contributed by atoms with Crippen molar-refractivity contribution in [1.82, 2.24) is 10.6 Å². The van der Waals surface area contributed by atoms with Crippen LogP contribution >= 0.6 is 0 Å². The summed E-state index contributed by atoms with van der Waals surface area (Å²) in [5, 5.41) is 14.2. The van der Waals surface area contributed by atoms with Crippen molar-refractivity contribution in [2.24, 2.45) is 5.92 Å². The molecular weight excluding hydrogens is 252 g/mol. The first-order valence-corrected chi connectivity index (χ1v) is 5.99. The number of hydrogen-bond donors (Lipinski definition) is 3. The fourth-order valence-corrected chi connectivity index (χ4v) is 1.96. The Morgan fingerprint density at radius 3 is 2.89 bits per heavy atom. The SMILES string of the molecule is CC(NC(=O)NC1COCC1C(=O)O)c1ccco1. The molecule has 2 heterocycles. The molecule has 1 aromatic rings. The highest BCUT2D eigenvalue weighted by Gasteiger charge is 2.35. The van der Waals surface area contributed by atoms with Crippen LogP contribution in [0.4, 0.5) is 4.79 Å². The van der Waals surface area contributed by atoms with E-state index in [0.717, 1.165) is 0 Å². The first-order valence-electron chi connectivity index (χ1n) is 5.99. The second kappa shape index (κ2) is 5.75. The van der Waals surface area contributed by atoms with Crippen LogP contribution in [0.25, 0.3) is 0 Å². The molecule has 3 unspecified atom stereocenters. The van der Waals surface area contributed by atoms with Gasteiger partial charge in [0.2, 0.25) is 0 Å². The van der Waals surface area contributed by atoms with Crippen LogP contribution in [0.2, 0.25) is 0 Å². The topological polar surface area (TPSA) is 101 Å². The summed E-state index contributed by atoms with van der Waals surface area (Å²) in [6, 6.07) is 2.24. The predicted molar refractivity (Wildman–Crippen MR) is 64.5 cm³/mol. The Hall–Kier alpha value is -2.02. The van der Waals surface area contributed by atoms with Gasteiger partial charge in [0, 0.05) is 0 Å². The van der Waals surface area contributed by atoms with Gasteiger partial charge >= 0.3 is 12.0 Å². The molecule has 0 radical (unpaired) electrons. The maximum absolute atomic E-state index is 11.8. The highest BCUT2D eigenvalue weighted by atomic mass is 16.5. The highest BCUT2D eigenvalue weighted by molar-refractivity contribution is 5.77. The van der Waals surface area contributed by atoms with Crippen LogP contribution in [-0.2, 0) is 9.53 Å². The number of nitrogens with one attached hydrogen (secondary N) is 2. The standard InChI is InChI=1S/C12H16N2O5/c1-7(10-3-2-4-19-10)13-12(17)14-9-6-18-5-8(9)11(15)16/h2-4,7-9H,5-6H2,1H3,(H,15,16)(H2,13,14,17). The van der Waals surface area contributed by atoms with E-state index in [9.17, 15) is 9.59 Å². The summed E-state index contributed by atoms with van der Waals surface area (Å²) in [6.07, 6.45) is 1.52. The third-order valence-electron chi connectivity index (χ3n) is 3.03. The van der Waals surface area contributed by atoms with Gasteiger partial charge in [0.05, 0.1) is 31.6 Å². The van der Waals surface area contributed by atoms with Crippen LogP contribution in [-0.4, -0.2) is 36.4 Å². The Balaban J connectivity index is 1.86. The molecule has 3 N–H and O–H groups in total. The van der Waals surface area contributed by atoms with Crippen molar-refractivity contribution >= 4 is 12.0 Å². The smallest absolute Gasteiger partial charge is 0.315 e. The van der Waals surface area contributed by atoms with Crippen molar-refractivity contribution in [2.75, 3.05) is 13.2 Å². The van der Waals surface area contributed by atoms with E-state index in [1.54, 1.807) is 19.1 Å². The van der Waals surface area contributed by atoms with Crippen molar-refractivity contribution in [2.45, 2.75) is 19.0 Å². The maximum atomic E-state index is 11.8. The molecule has 1 aliphatic heterocycles. The Morgan fingerprint density at radius 2 is 2.26 bits per heavy atom. The van der Waals surface area contributed by atoms with Gasteiger partial charge in [0.1, 0.15) is 11.7 Å². The lowest BCUT2D eigenvalue weighted by atomic mass is 10.0. The molecule has 7 nitrogen and oxygen atoms in total.